The van der Waals surface area contributed by atoms with Gasteiger partial charge >= 0.3 is 5.97 Å². The lowest BCUT2D eigenvalue weighted by Gasteiger charge is -2.32. The van der Waals surface area contributed by atoms with Crippen molar-refractivity contribution in [3.05, 3.63) is 29.1 Å². The zero-order valence-corrected chi connectivity index (χ0v) is 12.0. The minimum atomic E-state index is -3.82. The van der Waals surface area contributed by atoms with Crippen LogP contribution in [0, 0.1) is 18.7 Å². The van der Waals surface area contributed by atoms with E-state index >= 15 is 0 Å². The van der Waals surface area contributed by atoms with Gasteiger partial charge in [0.2, 0.25) is 10.0 Å². The lowest BCUT2D eigenvalue weighted by Crippen LogP contribution is -2.43. The van der Waals surface area contributed by atoms with E-state index in [2.05, 4.69) is 4.72 Å². The van der Waals surface area contributed by atoms with Crippen LogP contribution in [0.25, 0.3) is 0 Å². The molecule has 1 aromatic carbocycles. The molecule has 0 radical (unpaired) electrons. The number of aryl methyl sites for hydroxylation is 1. The Hall–Kier alpha value is -1.47. The molecule has 5 nitrogen and oxygen atoms in total. The maximum atomic E-state index is 13.6. The van der Waals surface area contributed by atoms with E-state index in [0.717, 1.165) is 25.0 Å². The fraction of sp³-hybridized carbons (Fsp3) is 0.462. The third-order valence-electron chi connectivity index (χ3n) is 3.46. The highest BCUT2D eigenvalue weighted by atomic mass is 32.2. The molecule has 0 atom stereocenters. The van der Waals surface area contributed by atoms with E-state index in [-0.39, 0.29) is 16.5 Å². The molecule has 1 aromatic rings. The van der Waals surface area contributed by atoms with Crippen LogP contribution in [0.15, 0.2) is 17.0 Å². The number of carbonyl (C=O) groups is 1. The van der Waals surface area contributed by atoms with Gasteiger partial charge in [0.15, 0.2) is 0 Å². The maximum Gasteiger partial charge on any atom is 0.338 e. The number of halogens is 1. The molecule has 0 aliphatic heterocycles. The summed E-state index contributed by atoms with van der Waals surface area (Å²) in [4.78, 5) is 10.7. The van der Waals surface area contributed by atoms with E-state index in [0.29, 0.717) is 5.92 Å². The smallest absolute Gasteiger partial charge is 0.338 e. The summed E-state index contributed by atoms with van der Waals surface area (Å²) in [6, 6.07) is 1.87. The molecular weight excluding hydrogens is 285 g/mol. The Morgan fingerprint density at radius 2 is 2.00 bits per heavy atom. The summed E-state index contributed by atoms with van der Waals surface area (Å²) < 4.78 is 40.4. The van der Waals surface area contributed by atoms with Crippen LogP contribution in [0.1, 0.15) is 35.7 Å². The molecule has 20 heavy (non-hydrogen) atoms. The number of rotatable bonds is 4. The largest absolute Gasteiger partial charge is 0.478 e. The lowest BCUT2D eigenvalue weighted by molar-refractivity contribution is 0.0691. The Morgan fingerprint density at radius 1 is 1.40 bits per heavy atom. The monoisotopic (exact) mass is 301 g/mol. The van der Waals surface area contributed by atoms with E-state index in [1.165, 1.54) is 6.92 Å². The van der Waals surface area contributed by atoms with Crippen molar-refractivity contribution in [3.63, 3.8) is 0 Å². The van der Waals surface area contributed by atoms with Gasteiger partial charge in [0.05, 0.1) is 10.5 Å². The Bertz CT molecular complexity index is 651. The number of hydrogen-bond acceptors (Lipinski definition) is 3. The summed E-state index contributed by atoms with van der Waals surface area (Å²) in [6.45, 7) is 3.36. The molecule has 1 aliphatic rings. The molecular formula is C13H16FNO4S. The Morgan fingerprint density at radius 3 is 2.50 bits per heavy atom. The van der Waals surface area contributed by atoms with Crippen molar-refractivity contribution < 1.29 is 22.7 Å². The van der Waals surface area contributed by atoms with Crippen LogP contribution < -0.4 is 4.72 Å². The molecule has 0 bridgehead atoms. The molecule has 0 aromatic heterocycles. The highest BCUT2D eigenvalue weighted by Crippen LogP contribution is 2.28. The number of carboxylic acids is 1. The summed E-state index contributed by atoms with van der Waals surface area (Å²) in [5, 5.41) is 8.90. The van der Waals surface area contributed by atoms with Crippen molar-refractivity contribution in [2.45, 2.75) is 37.6 Å². The van der Waals surface area contributed by atoms with Gasteiger partial charge in [-0.05, 0) is 43.4 Å². The summed E-state index contributed by atoms with van der Waals surface area (Å²) in [6.07, 6.45) is 1.51. The Kier molecular flexibility index (Phi) is 3.84. The van der Waals surface area contributed by atoms with Crippen LogP contribution in [-0.4, -0.2) is 25.5 Å². The molecule has 0 amide bonds. The predicted octanol–water partition coefficient (Wildman–Crippen LogP) is 1.91. The standard InChI is InChI=1S/C13H16FNO4S/c1-7-3-9(4-7)15-20(18,19)10-5-8(2)12(14)11(6-10)13(16)17/h5-7,9,15H,3-4H2,1-2H3,(H,16,17). The van der Waals surface area contributed by atoms with Gasteiger partial charge in [-0.25, -0.2) is 22.3 Å². The molecule has 1 fully saturated rings. The molecule has 0 saturated heterocycles. The minimum absolute atomic E-state index is 0.00717. The first-order chi connectivity index (χ1) is 9.20. The zero-order chi connectivity index (χ0) is 15.1. The van der Waals surface area contributed by atoms with Gasteiger partial charge in [0.25, 0.3) is 0 Å². The Balaban J connectivity index is 2.34. The van der Waals surface area contributed by atoms with Crippen LogP contribution in [0.4, 0.5) is 4.39 Å². The van der Waals surface area contributed by atoms with Gasteiger partial charge in [-0.3, -0.25) is 0 Å². The second-order valence-corrected chi connectivity index (χ2v) is 7.02. The number of nitrogens with one attached hydrogen (secondary N) is 1. The molecule has 7 heteroatoms. The molecule has 1 saturated carbocycles. The van der Waals surface area contributed by atoms with Gasteiger partial charge in [-0.15, -0.1) is 0 Å². The zero-order valence-electron chi connectivity index (χ0n) is 11.2. The fourth-order valence-electron chi connectivity index (χ4n) is 2.33. The normalized spacial score (nSPS) is 22.4. The van der Waals surface area contributed by atoms with Crippen molar-refractivity contribution in [1.29, 1.82) is 0 Å². The summed E-state index contributed by atoms with van der Waals surface area (Å²) in [7, 11) is -3.82. The number of carboxylic acid groups (broad SMARTS) is 1. The van der Waals surface area contributed by atoms with E-state index in [1.54, 1.807) is 0 Å². The lowest BCUT2D eigenvalue weighted by atomic mass is 9.83. The van der Waals surface area contributed by atoms with Crippen molar-refractivity contribution in [2.24, 2.45) is 5.92 Å². The highest BCUT2D eigenvalue weighted by Gasteiger charge is 2.30. The Labute approximate surface area is 116 Å². The predicted molar refractivity (Wildman–Crippen MR) is 70.6 cm³/mol. The number of aromatic carboxylic acids is 1. The van der Waals surface area contributed by atoms with Crippen molar-refractivity contribution >= 4 is 16.0 Å². The van der Waals surface area contributed by atoms with Crippen LogP contribution in [0.2, 0.25) is 0 Å². The molecule has 2 N–H and O–H groups in total. The second-order valence-electron chi connectivity index (χ2n) is 5.30. The second kappa shape index (κ2) is 5.14. The van der Waals surface area contributed by atoms with E-state index in [9.17, 15) is 17.6 Å². The van der Waals surface area contributed by atoms with E-state index in [4.69, 9.17) is 5.11 Å². The van der Waals surface area contributed by atoms with Crippen molar-refractivity contribution in [3.8, 4) is 0 Å². The first-order valence-electron chi connectivity index (χ1n) is 6.26. The van der Waals surface area contributed by atoms with Gasteiger partial charge in [0.1, 0.15) is 5.82 Å². The molecule has 0 heterocycles. The third-order valence-corrected chi connectivity index (χ3v) is 4.96. The first kappa shape index (κ1) is 14.9. The summed E-state index contributed by atoms with van der Waals surface area (Å²) in [5.74, 6) is -1.92. The van der Waals surface area contributed by atoms with Gasteiger partial charge < -0.3 is 5.11 Å². The van der Waals surface area contributed by atoms with Crippen LogP contribution in [0.3, 0.4) is 0 Å². The molecule has 0 spiro atoms. The molecule has 1 aliphatic carbocycles. The molecule has 2 rings (SSSR count). The van der Waals surface area contributed by atoms with Crippen molar-refractivity contribution in [2.75, 3.05) is 0 Å². The van der Waals surface area contributed by atoms with Gasteiger partial charge in [0, 0.05) is 6.04 Å². The average Bonchev–Trinajstić information content (AvgIpc) is 2.29. The van der Waals surface area contributed by atoms with Crippen LogP contribution >= 0.6 is 0 Å². The maximum absolute atomic E-state index is 13.6. The highest BCUT2D eigenvalue weighted by molar-refractivity contribution is 7.89. The van der Waals surface area contributed by atoms with Crippen LogP contribution in [0.5, 0.6) is 0 Å². The topological polar surface area (TPSA) is 83.5 Å². The van der Waals surface area contributed by atoms with E-state index < -0.39 is 27.4 Å². The van der Waals surface area contributed by atoms with Crippen LogP contribution in [-0.2, 0) is 10.0 Å². The molecule has 110 valence electrons. The fourth-order valence-corrected chi connectivity index (χ4v) is 3.71. The molecule has 0 unspecified atom stereocenters. The third kappa shape index (κ3) is 2.83. The first-order valence-corrected chi connectivity index (χ1v) is 7.75. The van der Waals surface area contributed by atoms with E-state index in [1.807, 2.05) is 6.92 Å². The summed E-state index contributed by atoms with van der Waals surface area (Å²) in [5.41, 5.74) is -0.639. The number of benzene rings is 1. The minimum Gasteiger partial charge on any atom is -0.478 e. The average molecular weight is 301 g/mol. The summed E-state index contributed by atoms with van der Waals surface area (Å²) >= 11 is 0. The van der Waals surface area contributed by atoms with Gasteiger partial charge in [-0.2, -0.15) is 0 Å². The van der Waals surface area contributed by atoms with Gasteiger partial charge in [-0.1, -0.05) is 6.92 Å². The SMILES string of the molecule is Cc1cc(S(=O)(=O)NC2CC(C)C2)cc(C(=O)O)c1F. The van der Waals surface area contributed by atoms with Crippen molar-refractivity contribution in [1.82, 2.24) is 4.72 Å². The number of sulfonamides is 1. The number of hydrogen-bond donors (Lipinski definition) is 2. The quantitative estimate of drug-likeness (QED) is 0.890.